The van der Waals surface area contributed by atoms with Gasteiger partial charge in [0.15, 0.2) is 0 Å². The van der Waals surface area contributed by atoms with Gasteiger partial charge in [-0.2, -0.15) is 0 Å². The second-order valence-electron chi connectivity index (χ2n) is 6.23. The minimum Gasteiger partial charge on any atom is -0.377 e. The number of hydrogen-bond acceptors (Lipinski definition) is 3. The van der Waals surface area contributed by atoms with Gasteiger partial charge in [0.25, 0.3) is 0 Å². The maximum Gasteiger partial charge on any atom is 0.0674 e. The fourth-order valence-electron chi connectivity index (χ4n) is 3.67. The molecule has 1 heterocycles. The first-order valence-electron chi connectivity index (χ1n) is 7.82. The Kier molecular flexibility index (Phi) is 5.46. The van der Waals surface area contributed by atoms with Crippen LogP contribution in [0, 0.1) is 5.92 Å². The summed E-state index contributed by atoms with van der Waals surface area (Å²) in [6, 6.07) is 0.975. The lowest BCUT2D eigenvalue weighted by atomic mass is 9.79. The van der Waals surface area contributed by atoms with Gasteiger partial charge in [0.2, 0.25) is 0 Å². The van der Waals surface area contributed by atoms with Gasteiger partial charge in [-0.3, -0.25) is 4.90 Å². The van der Waals surface area contributed by atoms with E-state index in [4.69, 9.17) is 10.5 Å². The van der Waals surface area contributed by atoms with Gasteiger partial charge in [-0.15, -0.1) is 0 Å². The topological polar surface area (TPSA) is 38.5 Å². The molecule has 2 fully saturated rings. The van der Waals surface area contributed by atoms with Crippen LogP contribution in [0.25, 0.3) is 0 Å². The van der Waals surface area contributed by atoms with Gasteiger partial charge in [-0.25, -0.2) is 0 Å². The lowest BCUT2D eigenvalue weighted by Gasteiger charge is -2.41. The SMILES string of the molecule is CCCC1CCC(N)C(N2CCCOC(C)C2)C1. The molecular formula is C15H30N2O. The zero-order chi connectivity index (χ0) is 13.0. The van der Waals surface area contributed by atoms with Crippen LogP contribution < -0.4 is 5.73 Å². The molecule has 3 nitrogen and oxygen atoms in total. The van der Waals surface area contributed by atoms with E-state index in [1.54, 1.807) is 0 Å². The molecule has 0 aromatic heterocycles. The Morgan fingerprint density at radius 1 is 1.33 bits per heavy atom. The van der Waals surface area contributed by atoms with Crippen LogP contribution in [-0.4, -0.2) is 42.8 Å². The van der Waals surface area contributed by atoms with E-state index in [0.29, 0.717) is 18.2 Å². The predicted molar refractivity (Wildman–Crippen MR) is 75.6 cm³/mol. The number of rotatable bonds is 3. The number of nitrogens with two attached hydrogens (primary N) is 1. The standard InChI is InChI=1S/C15H30N2O/c1-3-5-13-6-7-14(16)15(10-13)17-8-4-9-18-12(2)11-17/h12-15H,3-11,16H2,1-2H3. The summed E-state index contributed by atoms with van der Waals surface area (Å²) in [5.41, 5.74) is 6.38. The van der Waals surface area contributed by atoms with E-state index in [9.17, 15) is 0 Å². The quantitative estimate of drug-likeness (QED) is 0.840. The summed E-state index contributed by atoms with van der Waals surface area (Å²) in [5, 5.41) is 0. The lowest BCUT2D eigenvalue weighted by molar-refractivity contribution is 0.0475. The van der Waals surface area contributed by atoms with E-state index in [1.807, 2.05) is 0 Å². The summed E-state index contributed by atoms with van der Waals surface area (Å²) in [4.78, 5) is 2.62. The fourth-order valence-corrected chi connectivity index (χ4v) is 3.67. The van der Waals surface area contributed by atoms with Crippen molar-refractivity contribution in [3.63, 3.8) is 0 Å². The van der Waals surface area contributed by atoms with Gasteiger partial charge in [0.05, 0.1) is 6.10 Å². The van der Waals surface area contributed by atoms with Crippen molar-refractivity contribution in [3.8, 4) is 0 Å². The Bertz CT molecular complexity index is 247. The first-order chi connectivity index (χ1) is 8.70. The summed E-state index contributed by atoms with van der Waals surface area (Å²) in [6.07, 6.45) is 8.07. The first kappa shape index (κ1) is 14.3. The Balaban J connectivity index is 1.95. The minimum atomic E-state index is 0.367. The number of nitrogens with zero attached hydrogens (tertiary/aromatic N) is 1. The van der Waals surface area contributed by atoms with Crippen LogP contribution in [0.5, 0.6) is 0 Å². The van der Waals surface area contributed by atoms with Crippen LogP contribution in [-0.2, 0) is 4.74 Å². The molecule has 4 atom stereocenters. The molecule has 2 N–H and O–H groups in total. The number of hydrogen-bond donors (Lipinski definition) is 1. The van der Waals surface area contributed by atoms with Crippen LogP contribution >= 0.6 is 0 Å². The second kappa shape index (κ2) is 6.88. The van der Waals surface area contributed by atoms with Gasteiger partial charge in [0, 0.05) is 31.8 Å². The van der Waals surface area contributed by atoms with Crippen LogP contribution in [0.2, 0.25) is 0 Å². The molecule has 3 heteroatoms. The summed E-state index contributed by atoms with van der Waals surface area (Å²) in [6.45, 7) is 7.64. The van der Waals surface area contributed by atoms with Gasteiger partial charge in [-0.05, 0) is 38.5 Å². The van der Waals surface area contributed by atoms with Crippen molar-refractivity contribution in [3.05, 3.63) is 0 Å². The third kappa shape index (κ3) is 3.69. The highest BCUT2D eigenvalue weighted by Gasteiger charge is 2.33. The average molecular weight is 254 g/mol. The molecule has 1 saturated carbocycles. The first-order valence-corrected chi connectivity index (χ1v) is 7.82. The van der Waals surface area contributed by atoms with Crippen molar-refractivity contribution in [2.45, 2.75) is 70.6 Å². The van der Waals surface area contributed by atoms with Crippen LogP contribution in [0.4, 0.5) is 0 Å². The highest BCUT2D eigenvalue weighted by Crippen LogP contribution is 2.30. The normalized spacial score (nSPS) is 39.5. The van der Waals surface area contributed by atoms with E-state index >= 15 is 0 Å². The molecule has 0 spiro atoms. The summed E-state index contributed by atoms with van der Waals surface area (Å²) < 4.78 is 5.75. The fraction of sp³-hybridized carbons (Fsp3) is 1.00. The molecule has 1 saturated heterocycles. The summed E-state index contributed by atoms with van der Waals surface area (Å²) in [7, 11) is 0. The van der Waals surface area contributed by atoms with E-state index in [0.717, 1.165) is 25.5 Å². The van der Waals surface area contributed by atoms with Crippen molar-refractivity contribution in [1.29, 1.82) is 0 Å². The van der Waals surface area contributed by atoms with Gasteiger partial charge in [0.1, 0.15) is 0 Å². The minimum absolute atomic E-state index is 0.367. The lowest BCUT2D eigenvalue weighted by Crippen LogP contribution is -2.52. The van der Waals surface area contributed by atoms with Crippen molar-refractivity contribution in [1.82, 2.24) is 4.90 Å². The Labute approximate surface area is 112 Å². The maximum atomic E-state index is 6.38. The van der Waals surface area contributed by atoms with Gasteiger partial charge >= 0.3 is 0 Å². The third-order valence-electron chi connectivity index (χ3n) is 4.63. The molecule has 2 aliphatic rings. The highest BCUT2D eigenvalue weighted by atomic mass is 16.5. The Morgan fingerprint density at radius 3 is 2.94 bits per heavy atom. The van der Waals surface area contributed by atoms with Gasteiger partial charge < -0.3 is 10.5 Å². The molecular weight excluding hydrogens is 224 g/mol. The largest absolute Gasteiger partial charge is 0.377 e. The monoisotopic (exact) mass is 254 g/mol. The molecule has 0 aromatic rings. The molecule has 18 heavy (non-hydrogen) atoms. The molecule has 0 aromatic carbocycles. The van der Waals surface area contributed by atoms with E-state index in [1.165, 1.54) is 38.6 Å². The molecule has 0 radical (unpaired) electrons. The zero-order valence-electron chi connectivity index (χ0n) is 12.1. The highest BCUT2D eigenvalue weighted by molar-refractivity contribution is 4.90. The molecule has 0 bridgehead atoms. The van der Waals surface area contributed by atoms with Crippen LogP contribution in [0.1, 0.15) is 52.4 Å². The van der Waals surface area contributed by atoms with E-state index in [-0.39, 0.29) is 0 Å². The zero-order valence-corrected chi connectivity index (χ0v) is 12.1. The molecule has 2 rings (SSSR count). The summed E-state index contributed by atoms with van der Waals surface area (Å²) in [5.74, 6) is 0.902. The molecule has 4 unspecified atom stereocenters. The second-order valence-corrected chi connectivity index (χ2v) is 6.23. The van der Waals surface area contributed by atoms with E-state index < -0.39 is 0 Å². The van der Waals surface area contributed by atoms with Crippen molar-refractivity contribution >= 4 is 0 Å². The summed E-state index contributed by atoms with van der Waals surface area (Å²) >= 11 is 0. The Morgan fingerprint density at radius 2 is 2.17 bits per heavy atom. The third-order valence-corrected chi connectivity index (χ3v) is 4.63. The Hall–Kier alpha value is -0.120. The molecule has 1 aliphatic heterocycles. The van der Waals surface area contributed by atoms with E-state index in [2.05, 4.69) is 18.7 Å². The number of ether oxygens (including phenoxy) is 1. The van der Waals surface area contributed by atoms with Crippen molar-refractivity contribution in [2.75, 3.05) is 19.7 Å². The maximum absolute atomic E-state index is 6.38. The molecule has 0 amide bonds. The average Bonchev–Trinajstić information content (AvgIpc) is 2.57. The van der Waals surface area contributed by atoms with Gasteiger partial charge in [-0.1, -0.05) is 19.8 Å². The smallest absolute Gasteiger partial charge is 0.0674 e. The predicted octanol–water partition coefficient (Wildman–Crippen LogP) is 2.39. The molecule has 1 aliphatic carbocycles. The molecule has 106 valence electrons. The van der Waals surface area contributed by atoms with Crippen LogP contribution in [0.3, 0.4) is 0 Å². The van der Waals surface area contributed by atoms with Crippen molar-refractivity contribution < 1.29 is 4.74 Å². The van der Waals surface area contributed by atoms with Crippen LogP contribution in [0.15, 0.2) is 0 Å². The van der Waals surface area contributed by atoms with Crippen molar-refractivity contribution in [2.24, 2.45) is 11.7 Å².